The molecule has 0 aromatic heterocycles. The number of hydrogen-bond donors (Lipinski definition) is 0. The number of esters is 2. The number of carbonyl (C=O) groups excluding carboxylic acids is 2. The molecule has 0 amide bonds. The maximum atomic E-state index is 11.8. The third-order valence-corrected chi connectivity index (χ3v) is 4.36. The molecule has 0 heterocycles. The van der Waals surface area contributed by atoms with Gasteiger partial charge in [-0.2, -0.15) is 0 Å². The van der Waals surface area contributed by atoms with Crippen molar-refractivity contribution >= 4 is 23.1 Å². The molecule has 2 aromatic carbocycles. The topological polar surface area (TPSA) is 52.6 Å². The molecule has 0 radical (unpaired) electrons. The molecular formula is C22H18O4. The third-order valence-electron chi connectivity index (χ3n) is 4.36. The van der Waals surface area contributed by atoms with Crippen molar-refractivity contribution in [2.24, 2.45) is 0 Å². The fourth-order valence-electron chi connectivity index (χ4n) is 3.02. The largest absolute Gasteiger partial charge is 0.465 e. The summed E-state index contributed by atoms with van der Waals surface area (Å²) in [5.41, 5.74) is 6.06. The molecule has 0 bridgehead atoms. The predicted molar refractivity (Wildman–Crippen MR) is 101 cm³/mol. The Labute approximate surface area is 152 Å². The number of methoxy groups -OCH3 is 2. The highest BCUT2D eigenvalue weighted by Gasteiger charge is 2.29. The maximum Gasteiger partial charge on any atom is 0.337 e. The van der Waals surface area contributed by atoms with E-state index in [1.165, 1.54) is 14.2 Å². The van der Waals surface area contributed by atoms with Crippen LogP contribution in [0, 0.1) is 0 Å². The summed E-state index contributed by atoms with van der Waals surface area (Å²) in [7, 11) is 2.70. The smallest absolute Gasteiger partial charge is 0.337 e. The van der Waals surface area contributed by atoms with Crippen molar-refractivity contribution in [3.05, 3.63) is 95.1 Å². The second-order valence-corrected chi connectivity index (χ2v) is 5.85. The van der Waals surface area contributed by atoms with Crippen molar-refractivity contribution in [2.45, 2.75) is 0 Å². The predicted octanol–water partition coefficient (Wildman–Crippen LogP) is 4.30. The minimum absolute atomic E-state index is 0.398. The van der Waals surface area contributed by atoms with Crippen LogP contribution in [0.2, 0.25) is 0 Å². The first-order valence-electron chi connectivity index (χ1n) is 7.98. The molecule has 3 rings (SSSR count). The van der Waals surface area contributed by atoms with Gasteiger partial charge in [-0.05, 0) is 57.7 Å². The number of rotatable bonds is 4. The summed E-state index contributed by atoms with van der Waals surface area (Å²) in [5.74, 6) is -0.795. The monoisotopic (exact) mass is 346 g/mol. The first-order valence-corrected chi connectivity index (χ1v) is 7.98. The van der Waals surface area contributed by atoms with E-state index < -0.39 is 11.9 Å². The Balaban J connectivity index is 2.12. The van der Waals surface area contributed by atoms with Gasteiger partial charge >= 0.3 is 11.9 Å². The Morgan fingerprint density at radius 2 is 1.12 bits per heavy atom. The number of benzene rings is 2. The van der Waals surface area contributed by atoms with Gasteiger partial charge in [-0.25, -0.2) is 9.59 Å². The van der Waals surface area contributed by atoms with Crippen molar-refractivity contribution in [3.8, 4) is 0 Å². The molecule has 0 saturated heterocycles. The van der Waals surface area contributed by atoms with Crippen molar-refractivity contribution in [2.75, 3.05) is 14.2 Å². The normalized spacial score (nSPS) is 13.3. The third kappa shape index (κ3) is 2.86. The lowest BCUT2D eigenvalue weighted by molar-refractivity contribution is 0.0592. The molecule has 0 N–H and O–H groups in total. The number of hydrogen-bond acceptors (Lipinski definition) is 4. The molecule has 26 heavy (non-hydrogen) atoms. The van der Waals surface area contributed by atoms with Crippen LogP contribution in [0.3, 0.4) is 0 Å². The molecule has 0 saturated carbocycles. The summed E-state index contributed by atoms with van der Waals surface area (Å²) < 4.78 is 9.58. The van der Waals surface area contributed by atoms with E-state index in [1.54, 1.807) is 36.4 Å². The van der Waals surface area contributed by atoms with Gasteiger partial charge in [-0.15, -0.1) is 0 Å². The fourth-order valence-corrected chi connectivity index (χ4v) is 3.02. The molecule has 1 aliphatic carbocycles. The molecule has 130 valence electrons. The highest BCUT2D eigenvalue weighted by Crippen LogP contribution is 2.49. The van der Waals surface area contributed by atoms with Gasteiger partial charge in [0, 0.05) is 0 Å². The molecule has 1 aliphatic rings. The van der Waals surface area contributed by atoms with Gasteiger partial charge in [0.15, 0.2) is 0 Å². The molecule has 4 heteroatoms. The first-order chi connectivity index (χ1) is 12.5. The molecule has 0 spiro atoms. The molecule has 0 atom stereocenters. The second-order valence-electron chi connectivity index (χ2n) is 5.85. The fraction of sp³-hybridized carbons (Fsp3) is 0.0909. The van der Waals surface area contributed by atoms with E-state index in [1.807, 2.05) is 12.1 Å². The van der Waals surface area contributed by atoms with Gasteiger partial charge in [0.2, 0.25) is 0 Å². The number of allylic oxidation sites excluding steroid dienone is 4. The average molecular weight is 346 g/mol. The molecule has 0 unspecified atom stereocenters. The van der Waals surface area contributed by atoms with E-state index in [0.717, 1.165) is 33.4 Å². The highest BCUT2D eigenvalue weighted by molar-refractivity contribution is 6.18. The minimum atomic E-state index is -0.398. The SMILES string of the molecule is C=C1C(=C)C(c2cccc(C(=O)OC)c2)=C1c1cccc(C(=O)OC)c1. The Kier molecular flexibility index (Phi) is 4.59. The highest BCUT2D eigenvalue weighted by atomic mass is 16.5. The minimum Gasteiger partial charge on any atom is -0.465 e. The van der Waals surface area contributed by atoms with Crippen LogP contribution in [0.5, 0.6) is 0 Å². The zero-order chi connectivity index (χ0) is 18.8. The molecule has 4 nitrogen and oxygen atoms in total. The van der Waals surface area contributed by atoms with Crippen LogP contribution in [0.25, 0.3) is 11.1 Å². The zero-order valence-corrected chi connectivity index (χ0v) is 14.7. The van der Waals surface area contributed by atoms with Crippen molar-refractivity contribution in [1.82, 2.24) is 0 Å². The van der Waals surface area contributed by atoms with Gasteiger partial charge in [0.25, 0.3) is 0 Å². The lowest BCUT2D eigenvalue weighted by atomic mass is 9.73. The number of carbonyl (C=O) groups is 2. The second kappa shape index (κ2) is 6.84. The summed E-state index contributed by atoms with van der Waals surface area (Å²) in [6.45, 7) is 8.16. The molecular weight excluding hydrogens is 328 g/mol. The standard InChI is InChI=1S/C22H18O4/c1-13-14(2)20(16-8-6-10-18(12-16)22(24)26-4)19(13)15-7-5-9-17(11-15)21(23)25-3/h5-12H,1-2H2,3-4H3. The zero-order valence-electron chi connectivity index (χ0n) is 14.7. The van der Waals surface area contributed by atoms with Gasteiger partial charge < -0.3 is 9.47 Å². The van der Waals surface area contributed by atoms with E-state index in [4.69, 9.17) is 9.47 Å². The van der Waals surface area contributed by atoms with Gasteiger partial charge in [-0.3, -0.25) is 0 Å². The molecule has 2 aromatic rings. The Bertz CT molecular complexity index is 900. The number of ether oxygens (including phenoxy) is 2. The first kappa shape index (κ1) is 17.4. The van der Waals surface area contributed by atoms with Crippen LogP contribution < -0.4 is 0 Å². The van der Waals surface area contributed by atoms with E-state index >= 15 is 0 Å². The van der Waals surface area contributed by atoms with E-state index in [2.05, 4.69) is 13.2 Å². The van der Waals surface area contributed by atoms with Gasteiger partial charge in [-0.1, -0.05) is 37.4 Å². The summed E-state index contributed by atoms with van der Waals surface area (Å²) in [5, 5.41) is 0. The van der Waals surface area contributed by atoms with Crippen molar-refractivity contribution in [3.63, 3.8) is 0 Å². The van der Waals surface area contributed by atoms with Gasteiger partial charge in [0.05, 0.1) is 25.3 Å². The van der Waals surface area contributed by atoms with E-state index in [0.29, 0.717) is 11.1 Å². The van der Waals surface area contributed by atoms with E-state index in [9.17, 15) is 9.59 Å². The lowest BCUT2D eigenvalue weighted by Gasteiger charge is -2.30. The van der Waals surface area contributed by atoms with Crippen molar-refractivity contribution in [1.29, 1.82) is 0 Å². The van der Waals surface area contributed by atoms with Gasteiger partial charge in [0.1, 0.15) is 0 Å². The quantitative estimate of drug-likeness (QED) is 0.775. The van der Waals surface area contributed by atoms with Crippen LogP contribution in [0.15, 0.2) is 72.8 Å². The molecule has 0 aliphatic heterocycles. The van der Waals surface area contributed by atoms with Crippen LogP contribution in [0.1, 0.15) is 31.8 Å². The summed E-state index contributed by atoms with van der Waals surface area (Å²) in [4.78, 5) is 23.6. The Morgan fingerprint density at radius 1 is 0.731 bits per heavy atom. The van der Waals surface area contributed by atoms with Crippen LogP contribution in [-0.4, -0.2) is 26.2 Å². The average Bonchev–Trinajstić information content (AvgIpc) is 2.69. The summed E-state index contributed by atoms with van der Waals surface area (Å²) in [6.07, 6.45) is 0. The van der Waals surface area contributed by atoms with Crippen molar-refractivity contribution < 1.29 is 19.1 Å². The Morgan fingerprint density at radius 3 is 1.46 bits per heavy atom. The van der Waals surface area contributed by atoms with Crippen LogP contribution in [0.4, 0.5) is 0 Å². The van der Waals surface area contributed by atoms with E-state index in [-0.39, 0.29) is 0 Å². The maximum absolute atomic E-state index is 11.8. The summed E-state index contributed by atoms with van der Waals surface area (Å²) >= 11 is 0. The summed E-state index contributed by atoms with van der Waals surface area (Å²) in [6, 6.07) is 14.3. The lowest BCUT2D eigenvalue weighted by Crippen LogP contribution is -2.11. The molecule has 0 fully saturated rings. The van der Waals surface area contributed by atoms with Crippen LogP contribution in [-0.2, 0) is 9.47 Å². The van der Waals surface area contributed by atoms with Crippen LogP contribution >= 0.6 is 0 Å². The Hall–Kier alpha value is -3.40.